The number of benzene rings is 1. The van der Waals surface area contributed by atoms with Crippen molar-refractivity contribution in [2.75, 3.05) is 0 Å². The van der Waals surface area contributed by atoms with Crippen molar-refractivity contribution in [1.29, 1.82) is 0 Å². The van der Waals surface area contributed by atoms with Gasteiger partial charge in [-0.15, -0.1) is 0 Å². The summed E-state index contributed by atoms with van der Waals surface area (Å²) in [7, 11) is 0. The van der Waals surface area contributed by atoms with Gasteiger partial charge in [-0.2, -0.15) is 0 Å². The van der Waals surface area contributed by atoms with Crippen LogP contribution in [0.3, 0.4) is 0 Å². The molecule has 0 aromatic heterocycles. The Labute approximate surface area is 170 Å². The first kappa shape index (κ1) is 20.6. The van der Waals surface area contributed by atoms with Gasteiger partial charge in [-0.05, 0) is 109 Å². The van der Waals surface area contributed by atoms with Crippen LogP contribution in [0.1, 0.15) is 75.7 Å². The first-order valence-electron chi connectivity index (χ1n) is 10.4. The van der Waals surface area contributed by atoms with E-state index in [4.69, 9.17) is 5.11 Å². The highest BCUT2D eigenvalue weighted by Crippen LogP contribution is 2.44. The maximum atomic E-state index is 13.8. The SMILES string of the molecule is O=C(O)/C=C/CC[C@H]1CC[C@H]([C@H]2CC[C@H](c3ccc(Br)c(F)c3)CC2)CC1. The van der Waals surface area contributed by atoms with Crippen LogP contribution < -0.4 is 0 Å². The molecule has 1 aromatic carbocycles. The van der Waals surface area contributed by atoms with E-state index >= 15 is 0 Å². The predicted molar refractivity (Wildman–Crippen MR) is 110 cm³/mol. The van der Waals surface area contributed by atoms with Crippen LogP contribution in [-0.2, 0) is 4.79 Å². The van der Waals surface area contributed by atoms with Crippen molar-refractivity contribution in [2.24, 2.45) is 17.8 Å². The van der Waals surface area contributed by atoms with Gasteiger partial charge in [-0.25, -0.2) is 9.18 Å². The molecule has 148 valence electrons. The smallest absolute Gasteiger partial charge is 0.327 e. The lowest BCUT2D eigenvalue weighted by molar-refractivity contribution is -0.131. The predicted octanol–water partition coefficient (Wildman–Crippen LogP) is 7.09. The third-order valence-corrected chi connectivity index (χ3v) is 7.39. The van der Waals surface area contributed by atoms with Gasteiger partial charge in [0.1, 0.15) is 5.82 Å². The molecule has 0 aliphatic heterocycles. The second-order valence-electron chi connectivity index (χ2n) is 8.38. The maximum Gasteiger partial charge on any atom is 0.327 e. The van der Waals surface area contributed by atoms with Gasteiger partial charge in [0, 0.05) is 6.08 Å². The van der Waals surface area contributed by atoms with Crippen molar-refractivity contribution < 1.29 is 14.3 Å². The third-order valence-electron chi connectivity index (χ3n) is 6.75. The van der Waals surface area contributed by atoms with E-state index < -0.39 is 5.97 Å². The zero-order valence-electron chi connectivity index (χ0n) is 15.9. The molecule has 2 saturated carbocycles. The molecule has 2 fully saturated rings. The van der Waals surface area contributed by atoms with Crippen LogP contribution in [0.4, 0.5) is 4.39 Å². The summed E-state index contributed by atoms with van der Waals surface area (Å²) in [5.41, 5.74) is 1.16. The summed E-state index contributed by atoms with van der Waals surface area (Å²) < 4.78 is 14.4. The normalized spacial score (nSPS) is 29.1. The fourth-order valence-corrected chi connectivity index (χ4v) is 5.40. The van der Waals surface area contributed by atoms with Crippen molar-refractivity contribution in [1.82, 2.24) is 0 Å². The molecule has 4 heteroatoms. The molecule has 2 aliphatic rings. The first-order chi connectivity index (χ1) is 13.0. The van der Waals surface area contributed by atoms with Crippen LogP contribution in [0.15, 0.2) is 34.8 Å². The molecule has 0 bridgehead atoms. The zero-order valence-corrected chi connectivity index (χ0v) is 17.5. The van der Waals surface area contributed by atoms with Gasteiger partial charge < -0.3 is 5.11 Å². The molecule has 2 nitrogen and oxygen atoms in total. The van der Waals surface area contributed by atoms with Crippen LogP contribution in [-0.4, -0.2) is 11.1 Å². The molecule has 0 amide bonds. The average molecular weight is 437 g/mol. The van der Waals surface area contributed by atoms with Crippen molar-refractivity contribution in [2.45, 2.75) is 70.1 Å². The minimum atomic E-state index is -0.847. The van der Waals surface area contributed by atoms with E-state index in [1.54, 1.807) is 12.1 Å². The Morgan fingerprint density at radius 2 is 1.70 bits per heavy atom. The van der Waals surface area contributed by atoms with Crippen molar-refractivity contribution in [3.63, 3.8) is 0 Å². The zero-order chi connectivity index (χ0) is 19.2. The molecule has 0 atom stereocenters. The monoisotopic (exact) mass is 436 g/mol. The number of rotatable bonds is 6. The molecule has 2 aliphatic carbocycles. The fraction of sp³-hybridized carbons (Fsp3) is 0.609. The number of hydrogen-bond acceptors (Lipinski definition) is 1. The molecular formula is C23H30BrFO2. The van der Waals surface area contributed by atoms with E-state index in [0.717, 1.165) is 36.2 Å². The quantitative estimate of drug-likeness (QED) is 0.483. The minimum absolute atomic E-state index is 0.147. The molecule has 1 aromatic rings. The standard InChI is InChI=1S/C23H30BrFO2/c24-21-14-13-20(15-22(21)25)19-11-9-18(10-12-19)17-7-5-16(6-8-17)3-1-2-4-23(26)27/h2,4,13-19H,1,3,5-12H2,(H,26,27)/b4-2+/t16-,17-,18-,19-. The lowest BCUT2D eigenvalue weighted by atomic mass is 9.68. The van der Waals surface area contributed by atoms with E-state index in [9.17, 15) is 9.18 Å². The highest BCUT2D eigenvalue weighted by atomic mass is 79.9. The summed E-state index contributed by atoms with van der Waals surface area (Å²) in [4.78, 5) is 10.5. The second kappa shape index (κ2) is 9.86. The number of carbonyl (C=O) groups is 1. The lowest BCUT2D eigenvalue weighted by Gasteiger charge is -2.38. The number of allylic oxidation sites excluding steroid dienone is 1. The largest absolute Gasteiger partial charge is 0.478 e. The molecule has 0 saturated heterocycles. The Hall–Kier alpha value is -1.16. The van der Waals surface area contributed by atoms with E-state index in [0.29, 0.717) is 10.4 Å². The average Bonchev–Trinajstić information content (AvgIpc) is 2.68. The topological polar surface area (TPSA) is 37.3 Å². The Bertz CT molecular complexity index is 656. The van der Waals surface area contributed by atoms with Gasteiger partial charge >= 0.3 is 5.97 Å². The molecule has 0 spiro atoms. The Morgan fingerprint density at radius 3 is 2.30 bits per heavy atom. The van der Waals surface area contributed by atoms with Crippen LogP contribution in [0.2, 0.25) is 0 Å². The number of aliphatic carboxylic acids is 1. The highest BCUT2D eigenvalue weighted by molar-refractivity contribution is 9.10. The van der Waals surface area contributed by atoms with Crippen LogP contribution in [0, 0.1) is 23.6 Å². The number of carboxylic acids is 1. The number of halogens is 2. The Balaban J connectivity index is 1.40. The molecule has 1 N–H and O–H groups in total. The summed E-state index contributed by atoms with van der Waals surface area (Å²) in [5, 5.41) is 8.64. The van der Waals surface area contributed by atoms with Gasteiger partial charge in [-0.1, -0.05) is 25.0 Å². The Kier molecular flexibility index (Phi) is 7.51. The van der Waals surface area contributed by atoms with Gasteiger partial charge in [0.2, 0.25) is 0 Å². The van der Waals surface area contributed by atoms with Crippen molar-refractivity contribution in [3.05, 3.63) is 46.2 Å². The molecule has 27 heavy (non-hydrogen) atoms. The maximum absolute atomic E-state index is 13.8. The van der Waals surface area contributed by atoms with Gasteiger partial charge in [-0.3, -0.25) is 0 Å². The minimum Gasteiger partial charge on any atom is -0.478 e. The fourth-order valence-electron chi connectivity index (χ4n) is 5.15. The summed E-state index contributed by atoms with van der Waals surface area (Å²) in [5.74, 6) is 1.99. The van der Waals surface area contributed by atoms with Crippen LogP contribution >= 0.6 is 15.9 Å². The van der Waals surface area contributed by atoms with Gasteiger partial charge in [0.05, 0.1) is 4.47 Å². The number of hydrogen-bond donors (Lipinski definition) is 1. The highest BCUT2D eigenvalue weighted by Gasteiger charge is 2.31. The third kappa shape index (κ3) is 5.91. The second-order valence-corrected chi connectivity index (χ2v) is 9.24. The van der Waals surface area contributed by atoms with E-state index in [1.165, 1.54) is 57.4 Å². The van der Waals surface area contributed by atoms with E-state index in [2.05, 4.69) is 22.0 Å². The van der Waals surface area contributed by atoms with Crippen molar-refractivity contribution in [3.8, 4) is 0 Å². The van der Waals surface area contributed by atoms with Crippen molar-refractivity contribution >= 4 is 21.9 Å². The summed E-state index contributed by atoms with van der Waals surface area (Å²) in [6, 6.07) is 5.62. The van der Waals surface area contributed by atoms with Gasteiger partial charge in [0.15, 0.2) is 0 Å². The van der Waals surface area contributed by atoms with Gasteiger partial charge in [0.25, 0.3) is 0 Å². The molecule has 0 unspecified atom stereocenters. The lowest BCUT2D eigenvalue weighted by Crippen LogP contribution is -2.25. The number of carboxylic acid groups (broad SMARTS) is 1. The van der Waals surface area contributed by atoms with Crippen LogP contribution in [0.5, 0.6) is 0 Å². The van der Waals surface area contributed by atoms with Crippen LogP contribution in [0.25, 0.3) is 0 Å². The first-order valence-corrected chi connectivity index (χ1v) is 11.2. The summed E-state index contributed by atoms with van der Waals surface area (Å²) in [6.45, 7) is 0. The molecule has 3 rings (SSSR count). The van der Waals surface area contributed by atoms with E-state index in [1.807, 2.05) is 6.07 Å². The summed E-state index contributed by atoms with van der Waals surface area (Å²) >= 11 is 3.24. The summed E-state index contributed by atoms with van der Waals surface area (Å²) in [6.07, 6.45) is 15.2. The van der Waals surface area contributed by atoms with E-state index in [-0.39, 0.29) is 5.82 Å². The molecule has 0 radical (unpaired) electrons. The molecule has 0 heterocycles. The molecular weight excluding hydrogens is 407 g/mol. The Morgan fingerprint density at radius 1 is 1.07 bits per heavy atom.